The van der Waals surface area contributed by atoms with Crippen molar-refractivity contribution in [1.82, 2.24) is 15.2 Å². The Morgan fingerprint density at radius 1 is 1.56 bits per heavy atom. The second-order valence-corrected chi connectivity index (χ2v) is 4.01. The summed E-state index contributed by atoms with van der Waals surface area (Å²) in [5, 5.41) is 2.88. The molecule has 0 saturated carbocycles. The number of hydrogen-bond acceptors (Lipinski definition) is 3. The van der Waals surface area contributed by atoms with Crippen LogP contribution >= 0.6 is 0 Å². The number of nitrogens with zero attached hydrogens (tertiary/aromatic N) is 2. The van der Waals surface area contributed by atoms with Gasteiger partial charge in [0.25, 0.3) is 0 Å². The molecule has 0 fully saturated rings. The molecule has 4 heteroatoms. The zero-order valence-corrected chi connectivity index (χ0v) is 10.1. The summed E-state index contributed by atoms with van der Waals surface area (Å²) in [4.78, 5) is 17.7. The van der Waals surface area contributed by atoms with Gasteiger partial charge in [-0.15, -0.1) is 0 Å². The van der Waals surface area contributed by atoms with Crippen LogP contribution in [0.2, 0.25) is 0 Å². The lowest BCUT2D eigenvalue weighted by Crippen LogP contribution is -2.41. The molecule has 0 aliphatic carbocycles. The van der Waals surface area contributed by atoms with Crippen LogP contribution in [0.25, 0.3) is 0 Å². The highest BCUT2D eigenvalue weighted by molar-refractivity contribution is 5.78. The fourth-order valence-corrected chi connectivity index (χ4v) is 1.50. The van der Waals surface area contributed by atoms with Crippen LogP contribution in [0.3, 0.4) is 0 Å². The Balaban J connectivity index is 2.69. The molecule has 0 saturated heterocycles. The van der Waals surface area contributed by atoms with Gasteiger partial charge in [-0.05, 0) is 32.5 Å². The SMILES string of the molecule is CNCC(=O)N(Cc1cccnc1)C(C)C. The lowest BCUT2D eigenvalue weighted by Gasteiger charge is -2.26. The normalized spacial score (nSPS) is 10.5. The summed E-state index contributed by atoms with van der Waals surface area (Å²) in [6, 6.07) is 4.06. The Bertz CT molecular complexity index is 324. The molecule has 0 aliphatic heterocycles. The molecule has 1 rings (SSSR count). The van der Waals surface area contributed by atoms with E-state index in [1.807, 2.05) is 30.9 Å². The highest BCUT2D eigenvalue weighted by Crippen LogP contribution is 2.07. The maximum atomic E-state index is 11.8. The average molecular weight is 221 g/mol. The molecule has 1 aromatic heterocycles. The van der Waals surface area contributed by atoms with Crippen molar-refractivity contribution in [2.24, 2.45) is 0 Å². The monoisotopic (exact) mass is 221 g/mol. The van der Waals surface area contributed by atoms with Crippen molar-refractivity contribution in [2.45, 2.75) is 26.4 Å². The number of likely N-dealkylation sites (N-methyl/N-ethyl adjacent to an activating group) is 1. The molecular weight excluding hydrogens is 202 g/mol. The minimum Gasteiger partial charge on any atom is -0.335 e. The molecule has 16 heavy (non-hydrogen) atoms. The lowest BCUT2D eigenvalue weighted by atomic mass is 10.2. The summed E-state index contributed by atoms with van der Waals surface area (Å²) in [5.41, 5.74) is 1.06. The summed E-state index contributed by atoms with van der Waals surface area (Å²) < 4.78 is 0. The smallest absolute Gasteiger partial charge is 0.237 e. The number of rotatable bonds is 5. The Kier molecular flexibility index (Phi) is 4.92. The van der Waals surface area contributed by atoms with Crippen molar-refractivity contribution in [3.63, 3.8) is 0 Å². The third-order valence-electron chi connectivity index (χ3n) is 2.35. The van der Waals surface area contributed by atoms with Gasteiger partial charge in [-0.3, -0.25) is 9.78 Å². The zero-order valence-electron chi connectivity index (χ0n) is 10.1. The van der Waals surface area contributed by atoms with Crippen molar-refractivity contribution in [3.8, 4) is 0 Å². The molecule has 0 atom stereocenters. The predicted octanol–water partition coefficient (Wildman–Crippen LogP) is 1.04. The van der Waals surface area contributed by atoms with Gasteiger partial charge in [-0.2, -0.15) is 0 Å². The van der Waals surface area contributed by atoms with Crippen molar-refractivity contribution in [3.05, 3.63) is 30.1 Å². The van der Waals surface area contributed by atoms with Crippen LogP contribution in [0.15, 0.2) is 24.5 Å². The fraction of sp³-hybridized carbons (Fsp3) is 0.500. The largest absolute Gasteiger partial charge is 0.335 e. The first-order valence-corrected chi connectivity index (χ1v) is 5.48. The molecule has 0 bridgehead atoms. The number of carbonyl (C=O) groups is 1. The van der Waals surface area contributed by atoms with E-state index in [2.05, 4.69) is 10.3 Å². The minimum atomic E-state index is 0.112. The summed E-state index contributed by atoms with van der Waals surface area (Å²) in [6.07, 6.45) is 3.53. The molecule has 0 aromatic carbocycles. The molecule has 1 heterocycles. The standard InChI is InChI=1S/C12H19N3O/c1-10(2)15(12(16)8-13-3)9-11-5-4-6-14-7-11/h4-7,10,13H,8-9H2,1-3H3. The Morgan fingerprint density at radius 3 is 2.81 bits per heavy atom. The summed E-state index contributed by atoms with van der Waals surface area (Å²) in [7, 11) is 1.78. The fourth-order valence-electron chi connectivity index (χ4n) is 1.50. The number of amides is 1. The van der Waals surface area contributed by atoms with Gasteiger partial charge in [0.2, 0.25) is 5.91 Å². The second kappa shape index (κ2) is 6.23. The van der Waals surface area contributed by atoms with E-state index in [-0.39, 0.29) is 11.9 Å². The van der Waals surface area contributed by atoms with E-state index >= 15 is 0 Å². The quantitative estimate of drug-likeness (QED) is 0.808. The van der Waals surface area contributed by atoms with Crippen LogP contribution in [-0.2, 0) is 11.3 Å². The Labute approximate surface area is 96.7 Å². The molecule has 0 aliphatic rings. The number of pyridine rings is 1. The molecule has 0 unspecified atom stereocenters. The van der Waals surface area contributed by atoms with E-state index in [0.717, 1.165) is 5.56 Å². The van der Waals surface area contributed by atoms with Gasteiger partial charge in [-0.1, -0.05) is 6.07 Å². The van der Waals surface area contributed by atoms with Crippen molar-refractivity contribution < 1.29 is 4.79 Å². The van der Waals surface area contributed by atoms with E-state index in [4.69, 9.17) is 0 Å². The first-order valence-electron chi connectivity index (χ1n) is 5.48. The van der Waals surface area contributed by atoms with Gasteiger partial charge in [-0.25, -0.2) is 0 Å². The third kappa shape index (κ3) is 3.62. The van der Waals surface area contributed by atoms with Crippen molar-refractivity contribution in [2.75, 3.05) is 13.6 Å². The van der Waals surface area contributed by atoms with Crippen LogP contribution in [0, 0.1) is 0 Å². The predicted molar refractivity (Wildman–Crippen MR) is 63.8 cm³/mol. The number of hydrogen-bond donors (Lipinski definition) is 1. The summed E-state index contributed by atoms with van der Waals surface area (Å²) in [6.45, 7) is 5.03. The van der Waals surface area contributed by atoms with E-state index in [1.54, 1.807) is 19.4 Å². The highest BCUT2D eigenvalue weighted by Gasteiger charge is 2.16. The zero-order chi connectivity index (χ0) is 12.0. The molecule has 1 aromatic rings. The number of nitrogens with one attached hydrogen (secondary N) is 1. The van der Waals surface area contributed by atoms with Gasteiger partial charge in [0.1, 0.15) is 0 Å². The maximum absolute atomic E-state index is 11.8. The molecule has 1 N–H and O–H groups in total. The van der Waals surface area contributed by atoms with Crippen LogP contribution in [0.5, 0.6) is 0 Å². The van der Waals surface area contributed by atoms with E-state index in [1.165, 1.54) is 0 Å². The first-order chi connectivity index (χ1) is 7.65. The van der Waals surface area contributed by atoms with Gasteiger partial charge in [0.05, 0.1) is 6.54 Å². The van der Waals surface area contributed by atoms with Gasteiger partial charge in [0.15, 0.2) is 0 Å². The van der Waals surface area contributed by atoms with E-state index in [9.17, 15) is 4.79 Å². The third-order valence-corrected chi connectivity index (χ3v) is 2.35. The highest BCUT2D eigenvalue weighted by atomic mass is 16.2. The lowest BCUT2D eigenvalue weighted by molar-refractivity contribution is -0.132. The van der Waals surface area contributed by atoms with Crippen LogP contribution in [-0.4, -0.2) is 35.4 Å². The molecule has 1 amide bonds. The molecule has 0 spiro atoms. The maximum Gasteiger partial charge on any atom is 0.237 e. The number of carbonyl (C=O) groups excluding carboxylic acids is 1. The Morgan fingerprint density at radius 2 is 2.31 bits per heavy atom. The minimum absolute atomic E-state index is 0.112. The molecule has 0 radical (unpaired) electrons. The summed E-state index contributed by atoms with van der Waals surface area (Å²) in [5.74, 6) is 0.112. The number of aromatic nitrogens is 1. The van der Waals surface area contributed by atoms with Gasteiger partial charge >= 0.3 is 0 Å². The molecule has 4 nitrogen and oxygen atoms in total. The topological polar surface area (TPSA) is 45.2 Å². The van der Waals surface area contributed by atoms with Gasteiger partial charge in [0, 0.05) is 25.0 Å². The first kappa shape index (κ1) is 12.6. The van der Waals surface area contributed by atoms with Gasteiger partial charge < -0.3 is 10.2 Å². The van der Waals surface area contributed by atoms with E-state index in [0.29, 0.717) is 13.1 Å². The van der Waals surface area contributed by atoms with Crippen molar-refractivity contribution in [1.29, 1.82) is 0 Å². The Hall–Kier alpha value is -1.42. The van der Waals surface area contributed by atoms with Crippen molar-refractivity contribution >= 4 is 5.91 Å². The average Bonchev–Trinajstić information content (AvgIpc) is 2.27. The van der Waals surface area contributed by atoms with E-state index < -0.39 is 0 Å². The second-order valence-electron chi connectivity index (χ2n) is 4.01. The summed E-state index contributed by atoms with van der Waals surface area (Å²) >= 11 is 0. The van der Waals surface area contributed by atoms with Crippen LogP contribution < -0.4 is 5.32 Å². The molecular formula is C12H19N3O. The molecule has 88 valence electrons. The van der Waals surface area contributed by atoms with Crippen LogP contribution in [0.4, 0.5) is 0 Å². The van der Waals surface area contributed by atoms with Crippen LogP contribution in [0.1, 0.15) is 19.4 Å².